The summed E-state index contributed by atoms with van der Waals surface area (Å²) in [6, 6.07) is 3.70. The maximum Gasteiger partial charge on any atom is 0.417 e. The lowest BCUT2D eigenvalue weighted by Crippen LogP contribution is -2.55. The summed E-state index contributed by atoms with van der Waals surface area (Å²) in [5, 5.41) is 2.59. The van der Waals surface area contributed by atoms with Gasteiger partial charge in [0, 0.05) is 56.1 Å². The molecule has 0 radical (unpaired) electrons. The van der Waals surface area contributed by atoms with Crippen molar-refractivity contribution in [3.8, 4) is 0 Å². The van der Waals surface area contributed by atoms with Gasteiger partial charge in [-0.1, -0.05) is 6.08 Å². The number of nitrogens with one attached hydrogen (secondary N) is 2. The molecule has 13 heteroatoms. The van der Waals surface area contributed by atoms with E-state index < -0.39 is 34.6 Å². The molecule has 0 bridgehead atoms. The highest BCUT2D eigenvalue weighted by Crippen LogP contribution is 2.37. The van der Waals surface area contributed by atoms with Gasteiger partial charge in [-0.3, -0.25) is 14.5 Å². The molecule has 1 saturated heterocycles. The maximum absolute atomic E-state index is 15.8. The number of anilines is 3. The molecule has 2 atom stereocenters. The van der Waals surface area contributed by atoms with Gasteiger partial charge in [0.2, 0.25) is 5.56 Å². The molecule has 4 heterocycles. The normalized spacial score (nSPS) is 20.2. The minimum atomic E-state index is -4.93. The van der Waals surface area contributed by atoms with Gasteiger partial charge in [0.25, 0.3) is 11.9 Å². The van der Waals surface area contributed by atoms with E-state index in [9.17, 15) is 22.8 Å². The Balaban J connectivity index is 1.55. The molecule has 1 fully saturated rings. The number of carbonyl (C=O) groups excluding carboxylic acids is 1. The smallest absolute Gasteiger partial charge is 0.417 e. The molecular weight excluding hydrogens is 544 g/mol. The number of benzene rings is 1. The standard InChI is InChI=1S/C28H30F4N6O3/c1-16-13-38(14-17(2)36(16)3)24-11-22(29)19(18-5-4-7-37(15-18)27-33-6-8-41-27)9-23(24)35-26(40)20-12-34-25(39)10-21(20)28(30,31)32/h5-6,8-12,16-17H,4,7,13-15H2,1-3H3,(H,34,39)(H,35,40)/t16-,17?/m0/s1. The number of alkyl halides is 3. The molecule has 0 aliphatic carbocycles. The topological polar surface area (TPSA) is 97.7 Å². The van der Waals surface area contributed by atoms with E-state index in [1.54, 1.807) is 0 Å². The highest BCUT2D eigenvalue weighted by Gasteiger charge is 2.36. The number of amides is 1. The number of aromatic amines is 1. The van der Waals surface area contributed by atoms with E-state index in [-0.39, 0.29) is 29.9 Å². The van der Waals surface area contributed by atoms with E-state index in [1.165, 1.54) is 24.6 Å². The van der Waals surface area contributed by atoms with Crippen molar-refractivity contribution in [2.75, 3.05) is 48.3 Å². The van der Waals surface area contributed by atoms with Gasteiger partial charge in [0.05, 0.1) is 28.7 Å². The highest BCUT2D eigenvalue weighted by molar-refractivity contribution is 6.07. The number of hydrogen-bond donors (Lipinski definition) is 2. The Morgan fingerprint density at radius 2 is 1.88 bits per heavy atom. The molecule has 2 aliphatic heterocycles. The summed E-state index contributed by atoms with van der Waals surface area (Å²) in [6.07, 6.45) is 1.23. The molecule has 218 valence electrons. The van der Waals surface area contributed by atoms with Crippen molar-refractivity contribution in [1.29, 1.82) is 0 Å². The van der Waals surface area contributed by atoms with Crippen LogP contribution in [0.3, 0.4) is 0 Å². The second kappa shape index (κ2) is 11.0. The van der Waals surface area contributed by atoms with Crippen LogP contribution in [0.4, 0.5) is 35.0 Å². The SMILES string of the molecule is CC1CN(c2cc(F)c(C3=CCCN(c4ncco4)C3)cc2NC(=O)c2c[nH]c(=O)cc2C(F)(F)F)C[C@H](C)N1C. The third-order valence-corrected chi connectivity index (χ3v) is 7.70. The first-order valence-electron chi connectivity index (χ1n) is 13.2. The number of aromatic nitrogens is 2. The fourth-order valence-electron chi connectivity index (χ4n) is 5.33. The fraction of sp³-hybridized carbons (Fsp3) is 0.393. The average molecular weight is 575 g/mol. The van der Waals surface area contributed by atoms with Gasteiger partial charge in [-0.2, -0.15) is 13.2 Å². The number of halogens is 4. The van der Waals surface area contributed by atoms with E-state index >= 15 is 4.39 Å². The van der Waals surface area contributed by atoms with Crippen LogP contribution >= 0.6 is 0 Å². The second-order valence-electron chi connectivity index (χ2n) is 10.4. The highest BCUT2D eigenvalue weighted by atomic mass is 19.4. The zero-order valence-corrected chi connectivity index (χ0v) is 22.8. The van der Waals surface area contributed by atoms with Crippen molar-refractivity contribution in [3.05, 3.63) is 75.8 Å². The van der Waals surface area contributed by atoms with Crippen LogP contribution in [-0.4, -0.2) is 66.1 Å². The number of oxazole rings is 1. The minimum absolute atomic E-state index is 0.0940. The molecule has 9 nitrogen and oxygen atoms in total. The first-order chi connectivity index (χ1) is 19.4. The van der Waals surface area contributed by atoms with Crippen LogP contribution < -0.4 is 20.7 Å². The number of H-pyrrole nitrogens is 1. The van der Waals surface area contributed by atoms with Gasteiger partial charge in [0.15, 0.2) is 0 Å². The average Bonchev–Trinajstić information content (AvgIpc) is 3.47. The summed E-state index contributed by atoms with van der Waals surface area (Å²) in [5.41, 5.74) is -1.77. The van der Waals surface area contributed by atoms with E-state index in [1.807, 2.05) is 36.8 Å². The maximum atomic E-state index is 15.8. The summed E-state index contributed by atoms with van der Waals surface area (Å²) in [7, 11) is 1.99. The second-order valence-corrected chi connectivity index (χ2v) is 10.4. The van der Waals surface area contributed by atoms with Crippen molar-refractivity contribution in [2.24, 2.45) is 0 Å². The molecule has 2 N–H and O–H groups in total. The van der Waals surface area contributed by atoms with Crippen molar-refractivity contribution < 1.29 is 26.8 Å². The quantitative estimate of drug-likeness (QED) is 0.430. The van der Waals surface area contributed by atoms with Crippen LogP contribution in [-0.2, 0) is 6.18 Å². The number of piperazine rings is 1. The molecule has 2 aromatic heterocycles. The number of carbonyl (C=O) groups is 1. The van der Waals surface area contributed by atoms with Crippen LogP contribution in [0.15, 0.2) is 52.1 Å². The Hall–Kier alpha value is -4.13. The minimum Gasteiger partial charge on any atom is -0.432 e. The molecule has 2 aliphatic rings. The van der Waals surface area contributed by atoms with Crippen LogP contribution in [0.25, 0.3) is 5.57 Å². The lowest BCUT2D eigenvalue weighted by molar-refractivity contribution is -0.138. The fourth-order valence-corrected chi connectivity index (χ4v) is 5.33. The lowest BCUT2D eigenvalue weighted by Gasteiger charge is -2.44. The number of pyridine rings is 1. The first-order valence-corrected chi connectivity index (χ1v) is 13.2. The van der Waals surface area contributed by atoms with Gasteiger partial charge < -0.3 is 24.5 Å². The zero-order chi connectivity index (χ0) is 29.5. The van der Waals surface area contributed by atoms with Crippen molar-refractivity contribution in [2.45, 2.75) is 38.5 Å². The lowest BCUT2D eigenvalue weighted by atomic mass is 9.98. The Labute approximate surface area is 233 Å². The van der Waals surface area contributed by atoms with Gasteiger partial charge in [-0.05, 0) is 45.0 Å². The van der Waals surface area contributed by atoms with Crippen LogP contribution in [0.1, 0.15) is 41.8 Å². The van der Waals surface area contributed by atoms with Crippen molar-refractivity contribution >= 4 is 28.9 Å². The van der Waals surface area contributed by atoms with Crippen LogP contribution in [0.2, 0.25) is 0 Å². The molecule has 41 heavy (non-hydrogen) atoms. The molecule has 1 aromatic carbocycles. The molecule has 1 amide bonds. The summed E-state index contributed by atoms with van der Waals surface area (Å²) in [6.45, 7) is 5.95. The van der Waals surface area contributed by atoms with Gasteiger partial charge in [-0.15, -0.1) is 0 Å². The molecule has 1 unspecified atom stereocenters. The van der Waals surface area contributed by atoms with Gasteiger partial charge in [-0.25, -0.2) is 9.37 Å². The Morgan fingerprint density at radius 3 is 2.54 bits per heavy atom. The van der Waals surface area contributed by atoms with E-state index in [0.29, 0.717) is 49.4 Å². The van der Waals surface area contributed by atoms with Crippen LogP contribution in [0.5, 0.6) is 0 Å². The molecular formula is C28H30F4N6O3. The summed E-state index contributed by atoms with van der Waals surface area (Å²) in [4.78, 5) is 37.2. The number of hydrogen-bond acceptors (Lipinski definition) is 7. The Morgan fingerprint density at radius 1 is 1.15 bits per heavy atom. The number of rotatable bonds is 5. The first kappa shape index (κ1) is 28.4. The summed E-state index contributed by atoms with van der Waals surface area (Å²) in [5.74, 6) is -1.61. The monoisotopic (exact) mass is 574 g/mol. The largest absolute Gasteiger partial charge is 0.432 e. The van der Waals surface area contributed by atoms with Gasteiger partial charge in [0.1, 0.15) is 12.1 Å². The molecule has 5 rings (SSSR count). The Kier molecular flexibility index (Phi) is 7.64. The molecule has 0 saturated carbocycles. The number of likely N-dealkylation sites (N-methyl/N-ethyl adjacent to an activating group) is 1. The number of nitrogens with zero attached hydrogens (tertiary/aromatic N) is 4. The molecule has 0 spiro atoms. The van der Waals surface area contributed by atoms with E-state index in [2.05, 4.69) is 20.2 Å². The van der Waals surface area contributed by atoms with Crippen molar-refractivity contribution in [3.63, 3.8) is 0 Å². The van der Waals surface area contributed by atoms with E-state index in [0.717, 1.165) is 6.20 Å². The Bertz CT molecular complexity index is 1510. The summed E-state index contributed by atoms with van der Waals surface area (Å²) >= 11 is 0. The zero-order valence-electron chi connectivity index (χ0n) is 22.8. The third kappa shape index (κ3) is 5.85. The van der Waals surface area contributed by atoms with Crippen molar-refractivity contribution in [1.82, 2.24) is 14.9 Å². The summed E-state index contributed by atoms with van der Waals surface area (Å²) < 4.78 is 62.3. The third-order valence-electron chi connectivity index (χ3n) is 7.70. The van der Waals surface area contributed by atoms with Crippen LogP contribution in [0, 0.1) is 5.82 Å². The predicted molar refractivity (Wildman–Crippen MR) is 147 cm³/mol. The van der Waals surface area contributed by atoms with Gasteiger partial charge >= 0.3 is 6.18 Å². The van der Waals surface area contributed by atoms with E-state index in [4.69, 9.17) is 4.42 Å². The molecule has 3 aromatic rings. The predicted octanol–water partition coefficient (Wildman–Crippen LogP) is 4.60.